The Morgan fingerprint density at radius 2 is 2.25 bits per heavy atom. The van der Waals surface area contributed by atoms with Gasteiger partial charge in [0.2, 0.25) is 0 Å². The molecule has 0 saturated carbocycles. The van der Waals surface area contributed by atoms with Crippen LogP contribution in [0.4, 0.5) is 0 Å². The monoisotopic (exact) mass is 262 g/mol. The number of imidazole rings is 1. The van der Waals surface area contributed by atoms with Crippen molar-refractivity contribution in [2.45, 2.75) is 36.9 Å². The zero-order valence-corrected chi connectivity index (χ0v) is 11.9. The first-order valence-electron chi connectivity index (χ1n) is 5.24. The molecule has 92 valence electrons. The van der Waals surface area contributed by atoms with Crippen molar-refractivity contribution in [1.29, 1.82) is 0 Å². The molecule has 0 unspecified atom stereocenters. The van der Waals surface area contributed by atoms with Gasteiger partial charge in [-0.05, 0) is 20.3 Å². The number of ether oxygens (including phenoxy) is 1. The first-order valence-corrected chi connectivity index (χ1v) is 6.76. The highest BCUT2D eigenvalue weighted by Crippen LogP contribution is 2.23. The molecule has 0 bridgehead atoms. The molecule has 3 nitrogen and oxygen atoms in total. The molecule has 1 heterocycles. The van der Waals surface area contributed by atoms with Gasteiger partial charge >= 0.3 is 0 Å². The molecule has 16 heavy (non-hydrogen) atoms. The van der Waals surface area contributed by atoms with E-state index in [0.717, 1.165) is 23.0 Å². The molecule has 0 aliphatic carbocycles. The van der Waals surface area contributed by atoms with Crippen molar-refractivity contribution < 1.29 is 4.74 Å². The van der Waals surface area contributed by atoms with Gasteiger partial charge in [0, 0.05) is 19.9 Å². The summed E-state index contributed by atoms with van der Waals surface area (Å²) in [5, 5.41) is 1.02. The minimum Gasteiger partial charge on any atom is -0.379 e. The van der Waals surface area contributed by atoms with E-state index < -0.39 is 0 Å². The van der Waals surface area contributed by atoms with E-state index in [1.807, 2.05) is 17.8 Å². The van der Waals surface area contributed by atoms with Crippen molar-refractivity contribution in [2.24, 2.45) is 7.05 Å². The Balaban J connectivity index is 2.46. The Labute approximate surface area is 107 Å². The summed E-state index contributed by atoms with van der Waals surface area (Å²) in [5.74, 6) is 1.50. The van der Waals surface area contributed by atoms with Crippen LogP contribution < -0.4 is 0 Å². The number of alkyl halides is 1. The van der Waals surface area contributed by atoms with Crippen LogP contribution in [0.3, 0.4) is 0 Å². The van der Waals surface area contributed by atoms with Gasteiger partial charge in [0.15, 0.2) is 5.16 Å². The third kappa shape index (κ3) is 3.68. The number of halogens is 1. The maximum atomic E-state index is 5.78. The van der Waals surface area contributed by atoms with E-state index in [1.165, 1.54) is 0 Å². The molecule has 0 fully saturated rings. The molecule has 0 aromatic carbocycles. The lowest BCUT2D eigenvalue weighted by molar-refractivity contribution is 0.0206. The fourth-order valence-corrected chi connectivity index (χ4v) is 2.64. The number of hydrogen-bond acceptors (Lipinski definition) is 3. The van der Waals surface area contributed by atoms with Crippen LogP contribution in [0.5, 0.6) is 0 Å². The van der Waals surface area contributed by atoms with Crippen LogP contribution in [0.25, 0.3) is 0 Å². The van der Waals surface area contributed by atoms with Crippen LogP contribution >= 0.6 is 23.4 Å². The minimum atomic E-state index is -0.0620. The summed E-state index contributed by atoms with van der Waals surface area (Å²) in [7, 11) is 3.74. The van der Waals surface area contributed by atoms with Gasteiger partial charge in [-0.15, -0.1) is 11.6 Å². The van der Waals surface area contributed by atoms with Crippen molar-refractivity contribution in [3.8, 4) is 0 Å². The van der Waals surface area contributed by atoms with Crippen molar-refractivity contribution in [3.63, 3.8) is 0 Å². The van der Waals surface area contributed by atoms with Crippen molar-refractivity contribution in [2.75, 3.05) is 12.9 Å². The molecule has 0 aliphatic heterocycles. The van der Waals surface area contributed by atoms with E-state index >= 15 is 0 Å². The second-order valence-electron chi connectivity index (χ2n) is 4.29. The molecule has 5 heteroatoms. The van der Waals surface area contributed by atoms with Crippen LogP contribution in [0, 0.1) is 0 Å². The van der Waals surface area contributed by atoms with Gasteiger partial charge in [-0.2, -0.15) is 0 Å². The number of aromatic nitrogens is 2. The first kappa shape index (κ1) is 13.9. The number of thioether (sulfide) groups is 1. The summed E-state index contributed by atoms with van der Waals surface area (Å²) >= 11 is 7.52. The predicted octanol–water partition coefficient (Wildman–Crippen LogP) is 3.07. The van der Waals surface area contributed by atoms with Gasteiger partial charge < -0.3 is 9.30 Å². The normalized spacial score (nSPS) is 12.1. The second kappa shape index (κ2) is 5.94. The van der Waals surface area contributed by atoms with E-state index in [-0.39, 0.29) is 5.60 Å². The maximum Gasteiger partial charge on any atom is 0.167 e. The average Bonchev–Trinajstić information content (AvgIpc) is 2.60. The predicted molar refractivity (Wildman–Crippen MR) is 69.2 cm³/mol. The van der Waals surface area contributed by atoms with E-state index in [1.54, 1.807) is 18.9 Å². The Hall–Kier alpha value is -0.190. The molecular weight excluding hydrogens is 244 g/mol. The van der Waals surface area contributed by atoms with E-state index in [2.05, 4.69) is 18.8 Å². The van der Waals surface area contributed by atoms with Crippen LogP contribution in [-0.4, -0.2) is 28.0 Å². The van der Waals surface area contributed by atoms with Gasteiger partial charge in [-0.25, -0.2) is 4.98 Å². The lowest BCUT2D eigenvalue weighted by atomic mass is 10.1. The minimum absolute atomic E-state index is 0.0620. The average molecular weight is 263 g/mol. The summed E-state index contributed by atoms with van der Waals surface area (Å²) in [6, 6.07) is 0. The van der Waals surface area contributed by atoms with Crippen molar-refractivity contribution in [3.05, 3.63) is 11.9 Å². The smallest absolute Gasteiger partial charge is 0.167 e. The van der Waals surface area contributed by atoms with Gasteiger partial charge in [0.25, 0.3) is 0 Å². The number of hydrogen-bond donors (Lipinski definition) is 0. The number of methoxy groups -OCH3 is 1. The Morgan fingerprint density at radius 1 is 1.56 bits per heavy atom. The quantitative estimate of drug-likeness (QED) is 0.582. The van der Waals surface area contributed by atoms with Crippen LogP contribution in [-0.2, 0) is 17.7 Å². The molecule has 1 aromatic rings. The molecule has 0 aliphatic rings. The van der Waals surface area contributed by atoms with E-state index in [9.17, 15) is 0 Å². The third-order valence-corrected chi connectivity index (χ3v) is 3.99. The van der Waals surface area contributed by atoms with Gasteiger partial charge in [-0.1, -0.05) is 11.8 Å². The zero-order valence-electron chi connectivity index (χ0n) is 10.3. The molecular formula is C11H19ClN2OS. The largest absolute Gasteiger partial charge is 0.379 e. The van der Waals surface area contributed by atoms with E-state index in [0.29, 0.717) is 5.88 Å². The molecule has 0 N–H and O–H groups in total. The topological polar surface area (TPSA) is 27.1 Å². The highest BCUT2D eigenvalue weighted by atomic mass is 35.5. The second-order valence-corrected chi connectivity index (χ2v) is 5.62. The summed E-state index contributed by atoms with van der Waals surface area (Å²) < 4.78 is 7.41. The van der Waals surface area contributed by atoms with Crippen molar-refractivity contribution in [1.82, 2.24) is 9.55 Å². The standard InChI is InChI=1S/C11H19ClN2OS/c1-11(2,15-4)5-6-16-10-13-8-9(7-12)14(10)3/h8H,5-7H2,1-4H3. The molecule has 0 amide bonds. The summed E-state index contributed by atoms with van der Waals surface area (Å²) in [6.07, 6.45) is 2.83. The molecule has 0 atom stereocenters. The Bertz CT molecular complexity index is 339. The number of rotatable bonds is 6. The zero-order chi connectivity index (χ0) is 12.2. The summed E-state index contributed by atoms with van der Waals surface area (Å²) in [4.78, 5) is 4.33. The Kier molecular flexibility index (Phi) is 5.15. The van der Waals surface area contributed by atoms with Gasteiger partial charge in [0.05, 0.1) is 23.4 Å². The molecule has 1 aromatic heterocycles. The summed E-state index contributed by atoms with van der Waals surface area (Å²) in [6.45, 7) is 4.19. The number of nitrogens with zero attached hydrogens (tertiary/aromatic N) is 2. The highest BCUT2D eigenvalue weighted by molar-refractivity contribution is 7.99. The van der Waals surface area contributed by atoms with E-state index in [4.69, 9.17) is 16.3 Å². The Morgan fingerprint density at radius 3 is 2.75 bits per heavy atom. The fourth-order valence-electron chi connectivity index (χ4n) is 1.17. The highest BCUT2D eigenvalue weighted by Gasteiger charge is 2.16. The van der Waals surface area contributed by atoms with Crippen LogP contribution in [0.1, 0.15) is 26.0 Å². The first-order chi connectivity index (χ1) is 7.50. The molecule has 1 rings (SSSR count). The lowest BCUT2D eigenvalue weighted by Crippen LogP contribution is -2.23. The van der Waals surface area contributed by atoms with Crippen molar-refractivity contribution >= 4 is 23.4 Å². The molecule has 0 radical (unpaired) electrons. The van der Waals surface area contributed by atoms with Gasteiger partial charge in [-0.3, -0.25) is 0 Å². The van der Waals surface area contributed by atoms with Crippen LogP contribution in [0.15, 0.2) is 11.4 Å². The SMILES string of the molecule is COC(C)(C)CCSc1ncc(CCl)n1C. The molecule has 0 spiro atoms. The van der Waals surface area contributed by atoms with Gasteiger partial charge in [0.1, 0.15) is 0 Å². The fraction of sp³-hybridized carbons (Fsp3) is 0.727. The van der Waals surface area contributed by atoms with Crippen LogP contribution in [0.2, 0.25) is 0 Å². The molecule has 0 saturated heterocycles. The third-order valence-electron chi connectivity index (χ3n) is 2.67. The lowest BCUT2D eigenvalue weighted by Gasteiger charge is -2.22. The summed E-state index contributed by atoms with van der Waals surface area (Å²) in [5.41, 5.74) is 0.989. The maximum absolute atomic E-state index is 5.78.